The van der Waals surface area contributed by atoms with Crippen LogP contribution in [0, 0.1) is 41.5 Å². The van der Waals surface area contributed by atoms with Gasteiger partial charge in [0.05, 0.1) is 28.4 Å². The van der Waals surface area contributed by atoms with E-state index in [1.807, 2.05) is 30.7 Å². The molecule has 59 heavy (non-hydrogen) atoms. The predicted octanol–water partition coefficient (Wildman–Crippen LogP) is 13.6. The van der Waals surface area contributed by atoms with Crippen molar-refractivity contribution in [3.63, 3.8) is 0 Å². The van der Waals surface area contributed by atoms with Gasteiger partial charge in [0.15, 0.2) is 0 Å². The van der Waals surface area contributed by atoms with Crippen LogP contribution in [0.1, 0.15) is 33.4 Å². The van der Waals surface area contributed by atoms with Crippen LogP contribution >= 0.6 is 0 Å². The maximum absolute atomic E-state index is 6.78. The van der Waals surface area contributed by atoms with E-state index in [9.17, 15) is 0 Å². The molecule has 0 N–H and O–H groups in total. The first-order chi connectivity index (χ1) is 28.7. The third kappa shape index (κ3) is 5.29. The number of rotatable bonds is 5. The van der Waals surface area contributed by atoms with Crippen LogP contribution in [0.4, 0.5) is 0 Å². The van der Waals surface area contributed by atoms with Gasteiger partial charge in [-0.15, -0.1) is 0 Å². The molecule has 0 aliphatic rings. The molecule has 0 aliphatic heterocycles. The number of fused-ring (bicyclic) bond motifs is 12. The van der Waals surface area contributed by atoms with E-state index < -0.39 is 0 Å². The Morgan fingerprint density at radius 1 is 0.475 bits per heavy atom. The Labute approximate surface area is 342 Å². The molecule has 0 bridgehead atoms. The molecular weight excluding hydrogens is 723 g/mol. The largest absolute Gasteiger partial charge is 0.457 e. The Morgan fingerprint density at radius 3 is 1.76 bits per heavy atom. The highest BCUT2D eigenvalue weighted by molar-refractivity contribution is 6.17. The van der Waals surface area contributed by atoms with Gasteiger partial charge in [-0.25, -0.2) is 9.97 Å². The molecule has 0 saturated heterocycles. The number of imidazole rings is 2. The van der Waals surface area contributed by atoms with Gasteiger partial charge in [-0.3, -0.25) is 13.8 Å². The van der Waals surface area contributed by atoms with Crippen molar-refractivity contribution >= 4 is 54.8 Å². The van der Waals surface area contributed by atoms with Gasteiger partial charge in [-0.05, 0) is 158 Å². The number of benzene rings is 6. The van der Waals surface area contributed by atoms with Crippen LogP contribution in [-0.2, 0) is 0 Å². The van der Waals surface area contributed by atoms with Crippen molar-refractivity contribution in [2.24, 2.45) is 0 Å². The minimum absolute atomic E-state index is 0.723. The molecule has 0 aliphatic carbocycles. The van der Waals surface area contributed by atoms with Gasteiger partial charge in [-0.1, -0.05) is 54.6 Å². The first-order valence-corrected chi connectivity index (χ1v) is 20.2. The summed E-state index contributed by atoms with van der Waals surface area (Å²) in [6.45, 7) is 13.2. The monoisotopic (exact) mass is 763 g/mol. The number of hydrogen-bond acceptors (Lipinski definition) is 4. The molecule has 0 atom stereocenters. The Bertz CT molecular complexity index is 3490. The van der Waals surface area contributed by atoms with Gasteiger partial charge in [0.1, 0.15) is 22.8 Å². The lowest BCUT2D eigenvalue weighted by atomic mass is 9.87. The highest BCUT2D eigenvalue weighted by Gasteiger charge is 2.21. The Kier molecular flexibility index (Phi) is 7.76. The first-order valence-electron chi connectivity index (χ1n) is 20.2. The minimum atomic E-state index is 0.723. The molecule has 284 valence electrons. The highest BCUT2D eigenvalue weighted by Crippen LogP contribution is 2.43. The molecule has 6 heteroatoms. The molecule has 6 nitrogen and oxygen atoms in total. The third-order valence-corrected chi connectivity index (χ3v) is 12.3. The Hall–Kier alpha value is -7.31. The second-order valence-corrected chi connectivity index (χ2v) is 16.0. The molecule has 0 saturated carbocycles. The lowest BCUT2D eigenvalue weighted by Gasteiger charge is -2.20. The van der Waals surface area contributed by atoms with E-state index in [4.69, 9.17) is 19.7 Å². The summed E-state index contributed by atoms with van der Waals surface area (Å²) in [7, 11) is 0. The predicted molar refractivity (Wildman–Crippen MR) is 243 cm³/mol. The van der Waals surface area contributed by atoms with Gasteiger partial charge in [0.25, 0.3) is 0 Å². The maximum atomic E-state index is 6.78. The summed E-state index contributed by atoms with van der Waals surface area (Å²) in [6.07, 6.45) is 7.84. The molecule has 0 amide bonds. The van der Waals surface area contributed by atoms with Crippen LogP contribution in [0.5, 0.6) is 11.5 Å². The summed E-state index contributed by atoms with van der Waals surface area (Å²) in [5.74, 6) is 1.46. The molecule has 6 aromatic carbocycles. The molecule has 5 heterocycles. The highest BCUT2D eigenvalue weighted by atomic mass is 16.5. The molecule has 0 spiro atoms. The molecule has 0 radical (unpaired) electrons. The number of hydrogen-bond donors (Lipinski definition) is 0. The molecule has 0 unspecified atom stereocenters. The van der Waals surface area contributed by atoms with Crippen molar-refractivity contribution in [2.45, 2.75) is 41.5 Å². The fourth-order valence-corrected chi connectivity index (χ4v) is 9.71. The normalized spacial score (nSPS) is 11.9. The SMILES string of the molecule is Cc1cccc(C)c1-c1cc(-c2c(C)cccc2C)c2c(c1)c1ccc(Oc3ccc4c(c3)c3ncc(-c5c(C)cccc5C)n3c3cccnc43)cc1c1nccn12. The van der Waals surface area contributed by atoms with Crippen molar-refractivity contribution in [3.8, 4) is 45.0 Å². The van der Waals surface area contributed by atoms with E-state index in [0.717, 1.165) is 66.6 Å². The third-order valence-electron chi connectivity index (χ3n) is 12.3. The molecular formula is C53H41N5O. The van der Waals surface area contributed by atoms with Crippen molar-refractivity contribution in [1.29, 1.82) is 0 Å². The van der Waals surface area contributed by atoms with Crippen LogP contribution in [0.2, 0.25) is 0 Å². The summed E-state index contributed by atoms with van der Waals surface area (Å²) in [4.78, 5) is 14.9. The van der Waals surface area contributed by atoms with Crippen LogP contribution in [0.25, 0.3) is 88.3 Å². The number of nitrogens with zero attached hydrogens (tertiary/aromatic N) is 5. The van der Waals surface area contributed by atoms with Crippen LogP contribution in [-0.4, -0.2) is 23.8 Å². The van der Waals surface area contributed by atoms with Crippen molar-refractivity contribution < 1.29 is 4.74 Å². The molecule has 11 rings (SSSR count). The summed E-state index contributed by atoms with van der Waals surface area (Å²) in [5.41, 5.74) is 19.4. The zero-order chi connectivity index (χ0) is 40.1. The topological polar surface area (TPSA) is 56.7 Å². The molecule has 0 fully saturated rings. The quantitative estimate of drug-likeness (QED) is 0.164. The van der Waals surface area contributed by atoms with Gasteiger partial charge < -0.3 is 4.74 Å². The Morgan fingerprint density at radius 2 is 1.08 bits per heavy atom. The average molecular weight is 764 g/mol. The molecule has 5 aromatic heterocycles. The summed E-state index contributed by atoms with van der Waals surface area (Å²) in [6, 6.07) is 41.1. The summed E-state index contributed by atoms with van der Waals surface area (Å²) >= 11 is 0. The van der Waals surface area contributed by atoms with E-state index in [0.29, 0.717) is 0 Å². The lowest BCUT2D eigenvalue weighted by Crippen LogP contribution is -1.98. The molecule has 11 aromatic rings. The van der Waals surface area contributed by atoms with Gasteiger partial charge in [0.2, 0.25) is 0 Å². The number of aryl methyl sites for hydroxylation is 6. The van der Waals surface area contributed by atoms with E-state index in [1.165, 1.54) is 66.6 Å². The van der Waals surface area contributed by atoms with Gasteiger partial charge in [0, 0.05) is 51.3 Å². The zero-order valence-electron chi connectivity index (χ0n) is 33.9. The van der Waals surface area contributed by atoms with Crippen molar-refractivity contribution in [2.75, 3.05) is 0 Å². The Balaban J connectivity index is 1.11. The van der Waals surface area contributed by atoms with Crippen molar-refractivity contribution in [3.05, 3.63) is 173 Å². The van der Waals surface area contributed by atoms with Crippen molar-refractivity contribution in [1.82, 2.24) is 23.8 Å². The van der Waals surface area contributed by atoms with E-state index >= 15 is 0 Å². The van der Waals surface area contributed by atoms with Crippen LogP contribution < -0.4 is 4.74 Å². The minimum Gasteiger partial charge on any atom is -0.457 e. The second-order valence-electron chi connectivity index (χ2n) is 16.0. The second kappa shape index (κ2) is 13.1. The average Bonchev–Trinajstić information content (AvgIpc) is 3.90. The number of aromatic nitrogens is 5. The van der Waals surface area contributed by atoms with Gasteiger partial charge >= 0.3 is 0 Å². The summed E-state index contributed by atoms with van der Waals surface area (Å²) < 4.78 is 11.3. The fourth-order valence-electron chi connectivity index (χ4n) is 9.71. The zero-order valence-corrected chi connectivity index (χ0v) is 33.9. The lowest BCUT2D eigenvalue weighted by molar-refractivity contribution is 0.484. The van der Waals surface area contributed by atoms with E-state index in [1.54, 1.807) is 0 Å². The van der Waals surface area contributed by atoms with Crippen LogP contribution in [0.15, 0.2) is 140 Å². The first kappa shape index (κ1) is 34.9. The fraction of sp³-hybridized carbons (Fsp3) is 0.113. The van der Waals surface area contributed by atoms with E-state index in [2.05, 4.69) is 160 Å². The maximum Gasteiger partial charge on any atom is 0.145 e. The number of pyridine rings is 3. The number of ether oxygens (including phenoxy) is 1. The van der Waals surface area contributed by atoms with Crippen LogP contribution in [0.3, 0.4) is 0 Å². The smallest absolute Gasteiger partial charge is 0.145 e. The van der Waals surface area contributed by atoms with E-state index in [-0.39, 0.29) is 0 Å². The summed E-state index contributed by atoms with van der Waals surface area (Å²) in [5, 5.41) is 5.33. The standard InChI is InChI=1S/C53H41N5O/c1-30-11-7-12-31(2)47(30)36-25-41-39-20-18-37(27-42(39)52-55-23-24-57(52)51(41)44(26-36)48-32(3)13-8-14-33(48)4)59-38-19-21-40-43(28-38)53-56-29-46(49-34(5)15-9-16-35(49)6)58(53)45-17-10-22-54-50(40)45/h7-29H,1-6H3. The van der Waals surface area contributed by atoms with Gasteiger partial charge in [-0.2, -0.15) is 0 Å².